The van der Waals surface area contributed by atoms with E-state index in [1.54, 1.807) is 0 Å². The third-order valence-corrected chi connectivity index (χ3v) is 4.40. The molecule has 0 atom stereocenters. The number of hydrogen-bond donors (Lipinski definition) is 0. The fourth-order valence-electron chi connectivity index (χ4n) is 2.68. The largest absolute Gasteiger partial charge is 0.374 e. The first-order chi connectivity index (χ1) is 10.6. The molecule has 4 nitrogen and oxygen atoms in total. The van der Waals surface area contributed by atoms with Gasteiger partial charge in [0, 0.05) is 54.3 Å². The molecule has 2 heterocycles. The molecule has 0 fully saturated rings. The average Bonchev–Trinajstić information content (AvgIpc) is 2.91. The Morgan fingerprint density at radius 2 is 2.05 bits per heavy atom. The van der Waals surface area contributed by atoms with Crippen molar-refractivity contribution in [2.24, 2.45) is 0 Å². The van der Waals surface area contributed by atoms with Crippen LogP contribution in [0.4, 0.5) is 5.69 Å². The van der Waals surface area contributed by atoms with Crippen LogP contribution in [0, 0.1) is 6.92 Å². The van der Waals surface area contributed by atoms with E-state index in [4.69, 9.17) is 0 Å². The summed E-state index contributed by atoms with van der Waals surface area (Å²) in [6, 6.07) is 8.33. The van der Waals surface area contributed by atoms with Crippen molar-refractivity contribution in [3.63, 3.8) is 0 Å². The Kier molecular flexibility index (Phi) is 4.43. The fraction of sp³-hybridized carbons (Fsp3) is 0.294. The Hall–Kier alpha value is -1.88. The van der Waals surface area contributed by atoms with Gasteiger partial charge in [-0.2, -0.15) is 0 Å². The molecule has 0 saturated heterocycles. The lowest BCUT2D eigenvalue weighted by Gasteiger charge is -2.21. The summed E-state index contributed by atoms with van der Waals surface area (Å²) in [7, 11) is 2.14. The van der Waals surface area contributed by atoms with Gasteiger partial charge in [-0.3, -0.25) is 4.98 Å². The molecule has 0 saturated carbocycles. The molecule has 0 bridgehead atoms. The zero-order valence-corrected chi connectivity index (χ0v) is 14.4. The molecule has 2 aromatic heterocycles. The first kappa shape index (κ1) is 15.0. The van der Waals surface area contributed by atoms with E-state index in [9.17, 15) is 0 Å². The van der Waals surface area contributed by atoms with Gasteiger partial charge in [0.15, 0.2) is 0 Å². The number of halogens is 1. The fourth-order valence-corrected chi connectivity index (χ4v) is 3.03. The Balaban J connectivity index is 1.72. The zero-order chi connectivity index (χ0) is 15.5. The van der Waals surface area contributed by atoms with E-state index in [0.29, 0.717) is 0 Å². The van der Waals surface area contributed by atoms with Gasteiger partial charge in [-0.15, -0.1) is 0 Å². The third-order valence-electron chi connectivity index (χ3n) is 3.91. The van der Waals surface area contributed by atoms with E-state index in [0.717, 1.165) is 35.3 Å². The molecular formula is C17H19BrN4. The SMILES string of the molecule is Cc1nccn1CCCN(C)c1ccnc2cc(Br)ccc12. The minimum atomic E-state index is 0.991. The van der Waals surface area contributed by atoms with Gasteiger partial charge in [0.2, 0.25) is 0 Å². The van der Waals surface area contributed by atoms with Gasteiger partial charge in [0.05, 0.1) is 5.52 Å². The van der Waals surface area contributed by atoms with Crippen molar-refractivity contribution in [2.45, 2.75) is 19.9 Å². The van der Waals surface area contributed by atoms with Gasteiger partial charge >= 0.3 is 0 Å². The first-order valence-electron chi connectivity index (χ1n) is 7.38. The number of pyridine rings is 1. The number of aryl methyl sites for hydroxylation is 2. The summed E-state index contributed by atoms with van der Waals surface area (Å²) in [6.07, 6.45) is 6.84. The molecule has 3 aromatic rings. The highest BCUT2D eigenvalue weighted by Gasteiger charge is 2.07. The van der Waals surface area contributed by atoms with E-state index in [2.05, 4.69) is 66.7 Å². The van der Waals surface area contributed by atoms with Crippen LogP contribution in [0.2, 0.25) is 0 Å². The average molecular weight is 359 g/mol. The van der Waals surface area contributed by atoms with Crippen molar-refractivity contribution in [1.82, 2.24) is 14.5 Å². The van der Waals surface area contributed by atoms with Crippen LogP contribution in [0.15, 0.2) is 47.3 Å². The van der Waals surface area contributed by atoms with Crippen molar-refractivity contribution in [3.8, 4) is 0 Å². The van der Waals surface area contributed by atoms with Crippen molar-refractivity contribution < 1.29 is 0 Å². The van der Waals surface area contributed by atoms with Gasteiger partial charge < -0.3 is 9.47 Å². The number of rotatable bonds is 5. The zero-order valence-electron chi connectivity index (χ0n) is 12.8. The van der Waals surface area contributed by atoms with Crippen molar-refractivity contribution >= 4 is 32.5 Å². The minimum absolute atomic E-state index is 0.991. The highest BCUT2D eigenvalue weighted by molar-refractivity contribution is 9.10. The lowest BCUT2D eigenvalue weighted by Crippen LogP contribution is -2.20. The normalized spacial score (nSPS) is 11.0. The third kappa shape index (κ3) is 3.14. The summed E-state index contributed by atoms with van der Waals surface area (Å²) in [4.78, 5) is 11.0. The molecule has 5 heteroatoms. The number of aromatic nitrogens is 3. The summed E-state index contributed by atoms with van der Waals surface area (Å²) < 4.78 is 3.25. The van der Waals surface area contributed by atoms with E-state index in [1.165, 1.54) is 11.1 Å². The molecule has 114 valence electrons. The van der Waals surface area contributed by atoms with Crippen LogP contribution in [0.25, 0.3) is 10.9 Å². The molecule has 22 heavy (non-hydrogen) atoms. The predicted molar refractivity (Wildman–Crippen MR) is 94.3 cm³/mol. The Morgan fingerprint density at radius 3 is 2.82 bits per heavy atom. The van der Waals surface area contributed by atoms with E-state index < -0.39 is 0 Å². The van der Waals surface area contributed by atoms with Crippen LogP contribution >= 0.6 is 15.9 Å². The summed E-state index contributed by atoms with van der Waals surface area (Å²) in [5.74, 6) is 1.07. The number of imidazole rings is 1. The predicted octanol–water partition coefficient (Wildman–Crippen LogP) is 4.03. The van der Waals surface area contributed by atoms with Gasteiger partial charge in [0.25, 0.3) is 0 Å². The molecule has 1 aromatic carbocycles. The van der Waals surface area contributed by atoms with Gasteiger partial charge in [-0.1, -0.05) is 15.9 Å². The molecule has 0 N–H and O–H groups in total. The minimum Gasteiger partial charge on any atom is -0.374 e. The molecule has 3 rings (SSSR count). The maximum atomic E-state index is 4.45. The summed E-state index contributed by atoms with van der Waals surface area (Å²) in [5.41, 5.74) is 2.24. The summed E-state index contributed by atoms with van der Waals surface area (Å²) in [6.45, 7) is 4.02. The van der Waals surface area contributed by atoms with Crippen molar-refractivity contribution in [3.05, 3.63) is 53.2 Å². The highest BCUT2D eigenvalue weighted by atomic mass is 79.9. The maximum Gasteiger partial charge on any atom is 0.105 e. The standard InChI is InChI=1S/C17H19BrN4/c1-13-19-8-11-22(13)10-3-9-21(2)17-6-7-20-16-12-14(18)4-5-15(16)17/h4-8,11-12H,3,9-10H2,1-2H3. The molecule has 0 aliphatic heterocycles. The number of hydrogen-bond acceptors (Lipinski definition) is 3. The number of nitrogens with zero attached hydrogens (tertiary/aromatic N) is 4. The lowest BCUT2D eigenvalue weighted by molar-refractivity contribution is 0.623. The van der Waals surface area contributed by atoms with Crippen LogP contribution < -0.4 is 4.90 Å². The van der Waals surface area contributed by atoms with Gasteiger partial charge in [-0.05, 0) is 37.6 Å². The quantitative estimate of drug-likeness (QED) is 0.690. The van der Waals surface area contributed by atoms with Crippen LogP contribution in [-0.4, -0.2) is 28.1 Å². The Morgan fingerprint density at radius 1 is 1.18 bits per heavy atom. The first-order valence-corrected chi connectivity index (χ1v) is 8.17. The molecule has 0 aliphatic carbocycles. The Labute approximate surface area is 138 Å². The van der Waals surface area contributed by atoms with Crippen LogP contribution in [0.5, 0.6) is 0 Å². The van der Waals surface area contributed by atoms with E-state index in [1.807, 2.05) is 25.5 Å². The smallest absolute Gasteiger partial charge is 0.105 e. The van der Waals surface area contributed by atoms with E-state index in [-0.39, 0.29) is 0 Å². The second-order valence-corrected chi connectivity index (χ2v) is 6.35. The maximum absolute atomic E-state index is 4.45. The van der Waals surface area contributed by atoms with Gasteiger partial charge in [-0.25, -0.2) is 4.98 Å². The second-order valence-electron chi connectivity index (χ2n) is 5.43. The molecule has 0 spiro atoms. The lowest BCUT2D eigenvalue weighted by atomic mass is 10.1. The molecular weight excluding hydrogens is 340 g/mol. The number of fused-ring (bicyclic) bond motifs is 1. The topological polar surface area (TPSA) is 34.0 Å². The molecule has 0 radical (unpaired) electrons. The second kappa shape index (κ2) is 6.48. The molecule has 0 aliphatic rings. The van der Waals surface area contributed by atoms with Crippen molar-refractivity contribution in [1.29, 1.82) is 0 Å². The monoisotopic (exact) mass is 358 g/mol. The van der Waals surface area contributed by atoms with E-state index >= 15 is 0 Å². The summed E-state index contributed by atoms with van der Waals surface area (Å²) >= 11 is 3.50. The van der Waals surface area contributed by atoms with Crippen LogP contribution in [-0.2, 0) is 6.54 Å². The molecule has 0 amide bonds. The van der Waals surface area contributed by atoms with Crippen LogP contribution in [0.3, 0.4) is 0 Å². The highest BCUT2D eigenvalue weighted by Crippen LogP contribution is 2.26. The number of benzene rings is 1. The van der Waals surface area contributed by atoms with Crippen molar-refractivity contribution in [2.75, 3.05) is 18.5 Å². The molecule has 0 unspecified atom stereocenters. The summed E-state index contributed by atoms with van der Waals surface area (Å²) in [5, 5.41) is 1.19. The van der Waals surface area contributed by atoms with Gasteiger partial charge in [0.1, 0.15) is 5.82 Å². The number of anilines is 1. The van der Waals surface area contributed by atoms with Crippen LogP contribution in [0.1, 0.15) is 12.2 Å². The Bertz CT molecular complexity index is 781.